The van der Waals surface area contributed by atoms with Crippen LogP contribution < -0.4 is 15.5 Å². The van der Waals surface area contributed by atoms with Crippen LogP contribution >= 0.6 is 0 Å². The highest BCUT2D eigenvalue weighted by atomic mass is 16.2. The van der Waals surface area contributed by atoms with Crippen molar-refractivity contribution < 1.29 is 4.79 Å². The van der Waals surface area contributed by atoms with Gasteiger partial charge in [0.25, 0.3) is 0 Å². The average molecular weight is 416 g/mol. The summed E-state index contributed by atoms with van der Waals surface area (Å²) in [5.74, 6) is 0.632. The van der Waals surface area contributed by atoms with Gasteiger partial charge in [-0.2, -0.15) is 0 Å². The summed E-state index contributed by atoms with van der Waals surface area (Å²) in [6.45, 7) is 13.9. The largest absolute Gasteiger partial charge is 0.369 e. The number of piperazine rings is 1. The van der Waals surface area contributed by atoms with Crippen molar-refractivity contribution in [2.24, 2.45) is 5.92 Å². The molecule has 2 saturated heterocycles. The van der Waals surface area contributed by atoms with E-state index in [1.54, 1.807) is 0 Å². The Balaban J connectivity index is 1.55. The first-order valence-corrected chi connectivity index (χ1v) is 11.8. The Morgan fingerprint density at radius 3 is 2.30 bits per heavy atom. The number of aryl methyl sites for hydroxylation is 1. The van der Waals surface area contributed by atoms with Crippen molar-refractivity contribution in [2.75, 3.05) is 63.1 Å². The zero-order valence-corrected chi connectivity index (χ0v) is 19.4. The van der Waals surface area contributed by atoms with E-state index in [9.17, 15) is 4.79 Å². The smallest absolute Gasteiger partial charge is 0.319 e. The molecule has 0 saturated carbocycles. The molecule has 2 amide bonds. The Morgan fingerprint density at radius 1 is 1.03 bits per heavy atom. The first kappa shape index (κ1) is 22.9. The fourth-order valence-electron chi connectivity index (χ4n) is 4.91. The lowest BCUT2D eigenvalue weighted by Crippen LogP contribution is -2.47. The summed E-state index contributed by atoms with van der Waals surface area (Å²) in [5.41, 5.74) is 3.25. The highest BCUT2D eigenvalue weighted by Crippen LogP contribution is 2.24. The van der Waals surface area contributed by atoms with Crippen LogP contribution in [0.2, 0.25) is 0 Å². The SMILES string of the molecule is CCC(CC)[C@@H](CNC(=O)Nc1ccc(N2CCN(C)CC2)cc1C)N1CCCC1. The molecule has 1 aromatic carbocycles. The van der Waals surface area contributed by atoms with Crippen molar-refractivity contribution in [3.63, 3.8) is 0 Å². The lowest BCUT2D eigenvalue weighted by Gasteiger charge is -2.34. The molecule has 6 nitrogen and oxygen atoms in total. The number of hydrogen-bond acceptors (Lipinski definition) is 4. The molecule has 2 aliphatic rings. The van der Waals surface area contributed by atoms with E-state index in [0.29, 0.717) is 12.0 Å². The van der Waals surface area contributed by atoms with Crippen molar-refractivity contribution in [1.29, 1.82) is 0 Å². The minimum atomic E-state index is -0.0967. The highest BCUT2D eigenvalue weighted by molar-refractivity contribution is 5.90. The third kappa shape index (κ3) is 5.88. The normalized spacial score (nSPS) is 19.3. The molecule has 2 fully saturated rings. The standard InChI is InChI=1S/C24H41N5O/c1-5-20(6-2)23(29-11-7-8-12-29)18-25-24(30)26-22-10-9-21(17-19(22)3)28-15-13-27(4)14-16-28/h9-10,17,20,23H,5-8,11-16,18H2,1-4H3,(H2,25,26,30)/t23-/m1/s1. The summed E-state index contributed by atoms with van der Waals surface area (Å²) in [6.07, 6.45) is 4.88. The van der Waals surface area contributed by atoms with Gasteiger partial charge in [0.15, 0.2) is 0 Å². The van der Waals surface area contributed by atoms with Crippen molar-refractivity contribution in [2.45, 2.75) is 52.5 Å². The van der Waals surface area contributed by atoms with Gasteiger partial charge in [-0.05, 0) is 69.6 Å². The Morgan fingerprint density at radius 2 is 1.70 bits per heavy atom. The molecule has 6 heteroatoms. The van der Waals surface area contributed by atoms with Crippen molar-refractivity contribution >= 4 is 17.4 Å². The molecule has 0 spiro atoms. The molecule has 2 aliphatic heterocycles. The number of likely N-dealkylation sites (N-methyl/N-ethyl adjacent to an activating group) is 1. The average Bonchev–Trinajstić information content (AvgIpc) is 3.27. The van der Waals surface area contributed by atoms with Crippen LogP contribution in [0.4, 0.5) is 16.2 Å². The van der Waals surface area contributed by atoms with Crippen LogP contribution in [0.15, 0.2) is 18.2 Å². The molecular weight excluding hydrogens is 374 g/mol. The van der Waals surface area contributed by atoms with Gasteiger partial charge in [-0.15, -0.1) is 0 Å². The molecule has 2 N–H and O–H groups in total. The number of likely N-dealkylation sites (tertiary alicyclic amines) is 1. The summed E-state index contributed by atoms with van der Waals surface area (Å²) in [4.78, 5) is 20.0. The Kier molecular flexibility index (Phi) is 8.40. The van der Waals surface area contributed by atoms with E-state index in [4.69, 9.17) is 0 Å². The highest BCUT2D eigenvalue weighted by Gasteiger charge is 2.27. The summed E-state index contributed by atoms with van der Waals surface area (Å²) in [5, 5.41) is 6.23. The van der Waals surface area contributed by atoms with E-state index in [1.165, 1.54) is 18.5 Å². The topological polar surface area (TPSA) is 50.9 Å². The van der Waals surface area contributed by atoms with Gasteiger partial charge in [-0.1, -0.05) is 26.7 Å². The Hall–Kier alpha value is -1.79. The number of carbonyl (C=O) groups excluding carboxylic acids is 1. The number of benzene rings is 1. The number of carbonyl (C=O) groups is 1. The van der Waals surface area contributed by atoms with Crippen LogP contribution in [-0.4, -0.2) is 74.7 Å². The molecule has 168 valence electrons. The molecule has 0 radical (unpaired) electrons. The van der Waals surface area contributed by atoms with Crippen LogP contribution in [0.3, 0.4) is 0 Å². The van der Waals surface area contributed by atoms with E-state index >= 15 is 0 Å². The lowest BCUT2D eigenvalue weighted by atomic mass is 9.93. The predicted molar refractivity (Wildman–Crippen MR) is 127 cm³/mol. The molecule has 0 aliphatic carbocycles. The fourth-order valence-corrected chi connectivity index (χ4v) is 4.91. The summed E-state index contributed by atoms with van der Waals surface area (Å²) in [6, 6.07) is 6.71. The maximum absolute atomic E-state index is 12.6. The minimum absolute atomic E-state index is 0.0967. The monoisotopic (exact) mass is 415 g/mol. The quantitative estimate of drug-likeness (QED) is 0.679. The van der Waals surface area contributed by atoms with Crippen molar-refractivity contribution in [1.82, 2.24) is 15.1 Å². The van der Waals surface area contributed by atoms with Crippen molar-refractivity contribution in [3.8, 4) is 0 Å². The van der Waals surface area contributed by atoms with Crippen LogP contribution in [0, 0.1) is 12.8 Å². The van der Waals surface area contributed by atoms with Gasteiger partial charge >= 0.3 is 6.03 Å². The summed E-state index contributed by atoms with van der Waals surface area (Å²) < 4.78 is 0. The molecule has 3 rings (SSSR count). The van der Waals surface area contributed by atoms with Gasteiger partial charge in [0.2, 0.25) is 0 Å². The van der Waals surface area contributed by atoms with Gasteiger partial charge in [0.05, 0.1) is 0 Å². The number of nitrogens with one attached hydrogen (secondary N) is 2. The van der Waals surface area contributed by atoms with E-state index in [1.807, 2.05) is 6.07 Å². The summed E-state index contributed by atoms with van der Waals surface area (Å²) in [7, 11) is 2.17. The number of amides is 2. The van der Waals surface area contributed by atoms with Crippen LogP contribution in [0.5, 0.6) is 0 Å². The second-order valence-corrected chi connectivity index (χ2v) is 9.01. The third-order valence-electron chi connectivity index (χ3n) is 7.00. The Bertz CT molecular complexity index is 674. The lowest BCUT2D eigenvalue weighted by molar-refractivity contribution is 0.163. The van der Waals surface area contributed by atoms with Gasteiger partial charge in [-0.25, -0.2) is 4.79 Å². The molecule has 0 bridgehead atoms. The molecule has 30 heavy (non-hydrogen) atoms. The number of anilines is 2. The second kappa shape index (κ2) is 11.0. The maximum atomic E-state index is 12.6. The van der Waals surface area contributed by atoms with Crippen LogP contribution in [0.1, 0.15) is 45.1 Å². The number of hydrogen-bond donors (Lipinski definition) is 2. The van der Waals surface area contributed by atoms with Gasteiger partial charge < -0.3 is 20.4 Å². The van der Waals surface area contributed by atoms with Crippen molar-refractivity contribution in [3.05, 3.63) is 23.8 Å². The molecule has 0 unspecified atom stereocenters. The predicted octanol–water partition coefficient (Wildman–Crippen LogP) is 3.77. The van der Waals surface area contributed by atoms with E-state index < -0.39 is 0 Å². The molecule has 2 heterocycles. The van der Waals surface area contributed by atoms with Gasteiger partial charge in [-0.3, -0.25) is 4.90 Å². The first-order valence-electron chi connectivity index (χ1n) is 11.8. The number of urea groups is 1. The van der Waals surface area contributed by atoms with Crippen LogP contribution in [-0.2, 0) is 0 Å². The zero-order valence-electron chi connectivity index (χ0n) is 19.4. The van der Waals surface area contributed by atoms with Gasteiger partial charge in [0, 0.05) is 50.1 Å². The number of rotatable bonds is 8. The van der Waals surface area contributed by atoms with Crippen LogP contribution in [0.25, 0.3) is 0 Å². The second-order valence-electron chi connectivity index (χ2n) is 9.01. The Labute approximate surface area is 183 Å². The molecule has 1 atom stereocenters. The third-order valence-corrected chi connectivity index (χ3v) is 7.00. The maximum Gasteiger partial charge on any atom is 0.319 e. The van der Waals surface area contributed by atoms with E-state index in [0.717, 1.165) is 69.9 Å². The number of nitrogens with zero attached hydrogens (tertiary/aromatic N) is 3. The zero-order chi connectivity index (χ0) is 21.5. The van der Waals surface area contributed by atoms with E-state index in [2.05, 4.69) is 65.3 Å². The first-order chi connectivity index (χ1) is 14.5. The minimum Gasteiger partial charge on any atom is -0.369 e. The van der Waals surface area contributed by atoms with E-state index in [-0.39, 0.29) is 6.03 Å². The van der Waals surface area contributed by atoms with Gasteiger partial charge in [0.1, 0.15) is 0 Å². The summed E-state index contributed by atoms with van der Waals surface area (Å²) >= 11 is 0. The molecular formula is C24H41N5O. The molecule has 0 aromatic heterocycles. The molecule has 1 aromatic rings. The fraction of sp³-hybridized carbons (Fsp3) is 0.708.